The number of para-hydroxylation sites is 1. The van der Waals surface area contributed by atoms with Crippen LogP contribution in [-0.2, 0) is 0 Å². The van der Waals surface area contributed by atoms with Crippen LogP contribution < -0.4 is 5.01 Å². The zero-order valence-corrected chi connectivity index (χ0v) is 13.1. The van der Waals surface area contributed by atoms with Crippen molar-refractivity contribution in [2.75, 3.05) is 16.8 Å². The summed E-state index contributed by atoms with van der Waals surface area (Å²) in [5.74, 6) is 0.871. The summed E-state index contributed by atoms with van der Waals surface area (Å²) in [4.78, 5) is 0. The average molecular weight is 319 g/mol. The molecule has 0 radical (unpaired) electrons. The molecule has 0 spiro atoms. The third kappa shape index (κ3) is 2.66. The molecular weight excluding hydrogens is 303 g/mol. The Labute approximate surface area is 135 Å². The first-order chi connectivity index (χ1) is 10.3. The third-order valence-electron chi connectivity index (χ3n) is 3.77. The fourth-order valence-electron chi connectivity index (χ4n) is 2.58. The van der Waals surface area contributed by atoms with Crippen LogP contribution in [0.1, 0.15) is 12.0 Å². The van der Waals surface area contributed by atoms with Crippen molar-refractivity contribution in [3.63, 3.8) is 0 Å². The molecule has 0 saturated carbocycles. The summed E-state index contributed by atoms with van der Waals surface area (Å²) in [6, 6.07) is 20.2. The molecule has 2 aromatic rings. The predicted molar refractivity (Wildman–Crippen MR) is 90.7 cm³/mol. The highest BCUT2D eigenvalue weighted by Gasteiger charge is 2.42. The van der Waals surface area contributed by atoms with E-state index in [2.05, 4.69) is 12.1 Å². The van der Waals surface area contributed by atoms with Crippen molar-refractivity contribution in [1.82, 2.24) is 0 Å². The van der Waals surface area contributed by atoms with Gasteiger partial charge in [-0.3, -0.25) is 5.01 Å². The maximum absolute atomic E-state index is 6.26. The molecule has 2 aromatic carbocycles. The molecular formula is C17H16Cl2N2. The lowest BCUT2D eigenvalue weighted by molar-refractivity contribution is 0.529. The van der Waals surface area contributed by atoms with E-state index in [1.54, 1.807) is 0 Å². The van der Waals surface area contributed by atoms with Gasteiger partial charge in [0.05, 0.1) is 16.9 Å². The van der Waals surface area contributed by atoms with Gasteiger partial charge in [0.1, 0.15) is 0 Å². The van der Waals surface area contributed by atoms with Crippen molar-refractivity contribution in [3.8, 4) is 0 Å². The summed E-state index contributed by atoms with van der Waals surface area (Å²) < 4.78 is 0. The molecule has 0 aromatic heterocycles. The van der Waals surface area contributed by atoms with E-state index in [1.807, 2.05) is 53.5 Å². The number of hydrogen-bond acceptors (Lipinski definition) is 2. The standard InChI is InChI=1S/C17H16Cl2N2/c18-12-17(13-19)11-16(14-7-3-1-4-8-14)20-21(17)15-9-5-2-6-10-15/h1-10H,11-13H2. The Morgan fingerprint density at radius 3 is 2.05 bits per heavy atom. The summed E-state index contributed by atoms with van der Waals surface area (Å²) >= 11 is 12.5. The number of anilines is 1. The minimum Gasteiger partial charge on any atom is -0.256 e. The first-order valence-electron chi connectivity index (χ1n) is 6.89. The van der Waals surface area contributed by atoms with E-state index in [0.29, 0.717) is 11.8 Å². The fourth-order valence-corrected chi connectivity index (χ4v) is 3.28. The Bertz CT molecular complexity index is 622. The van der Waals surface area contributed by atoms with Gasteiger partial charge in [-0.1, -0.05) is 48.5 Å². The minimum atomic E-state index is -0.365. The van der Waals surface area contributed by atoms with Crippen molar-refractivity contribution >= 4 is 34.6 Å². The highest BCUT2D eigenvalue weighted by Crippen LogP contribution is 2.36. The minimum absolute atomic E-state index is 0.365. The molecule has 0 N–H and O–H groups in total. The van der Waals surface area contributed by atoms with E-state index in [0.717, 1.165) is 23.4 Å². The number of hydrazone groups is 1. The van der Waals surface area contributed by atoms with E-state index >= 15 is 0 Å². The Hall–Kier alpha value is -1.51. The van der Waals surface area contributed by atoms with Gasteiger partial charge >= 0.3 is 0 Å². The topological polar surface area (TPSA) is 15.6 Å². The summed E-state index contributed by atoms with van der Waals surface area (Å²) in [5, 5.41) is 6.79. The van der Waals surface area contributed by atoms with E-state index in [-0.39, 0.29) is 5.54 Å². The zero-order valence-electron chi connectivity index (χ0n) is 11.5. The van der Waals surface area contributed by atoms with Gasteiger partial charge in [-0.2, -0.15) is 5.10 Å². The van der Waals surface area contributed by atoms with Crippen molar-refractivity contribution in [2.24, 2.45) is 5.10 Å². The number of alkyl halides is 2. The number of nitrogens with zero attached hydrogens (tertiary/aromatic N) is 2. The fraction of sp³-hybridized carbons (Fsp3) is 0.235. The smallest absolute Gasteiger partial charge is 0.0959 e. The Balaban J connectivity index is 2.03. The number of halogens is 2. The molecule has 0 atom stereocenters. The SMILES string of the molecule is ClCC1(CCl)CC(c2ccccc2)=NN1c1ccccc1. The average Bonchev–Trinajstić information content (AvgIpc) is 2.97. The molecule has 1 aliphatic rings. The highest BCUT2D eigenvalue weighted by atomic mass is 35.5. The van der Waals surface area contributed by atoms with Crippen LogP contribution in [0.4, 0.5) is 5.69 Å². The molecule has 4 heteroatoms. The van der Waals surface area contributed by atoms with E-state index in [1.165, 1.54) is 0 Å². The monoisotopic (exact) mass is 318 g/mol. The second-order valence-electron chi connectivity index (χ2n) is 5.23. The largest absolute Gasteiger partial charge is 0.256 e. The molecule has 0 bridgehead atoms. The first kappa shape index (κ1) is 14.4. The first-order valence-corrected chi connectivity index (χ1v) is 7.96. The molecule has 0 amide bonds. The molecule has 0 saturated heterocycles. The third-order valence-corrected chi connectivity index (χ3v) is 4.77. The lowest BCUT2D eigenvalue weighted by Gasteiger charge is -2.34. The highest BCUT2D eigenvalue weighted by molar-refractivity contribution is 6.23. The van der Waals surface area contributed by atoms with E-state index in [9.17, 15) is 0 Å². The molecule has 21 heavy (non-hydrogen) atoms. The van der Waals surface area contributed by atoms with Crippen molar-refractivity contribution in [3.05, 3.63) is 66.2 Å². The Morgan fingerprint density at radius 2 is 1.48 bits per heavy atom. The van der Waals surface area contributed by atoms with Crippen LogP contribution in [0.5, 0.6) is 0 Å². The summed E-state index contributed by atoms with van der Waals surface area (Å²) in [6.45, 7) is 0. The van der Waals surface area contributed by atoms with Crippen molar-refractivity contribution in [2.45, 2.75) is 12.0 Å². The summed E-state index contributed by atoms with van der Waals surface area (Å²) in [7, 11) is 0. The molecule has 108 valence electrons. The number of benzene rings is 2. The molecule has 0 fully saturated rings. The summed E-state index contributed by atoms with van der Waals surface area (Å²) in [5.41, 5.74) is 2.80. The van der Waals surface area contributed by atoms with Gasteiger partial charge in [0.2, 0.25) is 0 Å². The normalized spacial score (nSPS) is 16.9. The maximum atomic E-state index is 6.26. The molecule has 3 rings (SSSR count). The summed E-state index contributed by atoms with van der Waals surface area (Å²) in [6.07, 6.45) is 0.749. The van der Waals surface area contributed by atoms with Crippen LogP contribution in [0.3, 0.4) is 0 Å². The van der Waals surface area contributed by atoms with Gasteiger partial charge in [-0.05, 0) is 17.7 Å². The van der Waals surface area contributed by atoms with Gasteiger partial charge in [0, 0.05) is 18.2 Å². The second-order valence-corrected chi connectivity index (χ2v) is 5.76. The van der Waals surface area contributed by atoms with Crippen LogP contribution in [0.15, 0.2) is 65.8 Å². The van der Waals surface area contributed by atoms with E-state index < -0.39 is 0 Å². The lowest BCUT2D eigenvalue weighted by Crippen LogP contribution is -2.46. The number of hydrogen-bond donors (Lipinski definition) is 0. The zero-order chi connectivity index (χ0) is 14.7. The van der Waals surface area contributed by atoms with Gasteiger partial charge in [-0.25, -0.2) is 0 Å². The van der Waals surface area contributed by atoms with Crippen LogP contribution in [0.25, 0.3) is 0 Å². The van der Waals surface area contributed by atoms with Crippen LogP contribution in [0, 0.1) is 0 Å². The quantitative estimate of drug-likeness (QED) is 0.757. The van der Waals surface area contributed by atoms with Crippen LogP contribution >= 0.6 is 23.2 Å². The maximum Gasteiger partial charge on any atom is 0.0959 e. The van der Waals surface area contributed by atoms with Gasteiger partial charge in [-0.15, -0.1) is 23.2 Å². The second kappa shape index (κ2) is 6.08. The molecule has 2 nitrogen and oxygen atoms in total. The van der Waals surface area contributed by atoms with Gasteiger partial charge in [0.25, 0.3) is 0 Å². The van der Waals surface area contributed by atoms with E-state index in [4.69, 9.17) is 28.3 Å². The van der Waals surface area contributed by atoms with Gasteiger partial charge < -0.3 is 0 Å². The number of rotatable bonds is 4. The molecule has 0 unspecified atom stereocenters. The Kier molecular flexibility index (Phi) is 4.18. The van der Waals surface area contributed by atoms with Crippen LogP contribution in [0.2, 0.25) is 0 Å². The van der Waals surface area contributed by atoms with Crippen LogP contribution in [-0.4, -0.2) is 23.0 Å². The lowest BCUT2D eigenvalue weighted by atomic mass is 9.94. The predicted octanol–water partition coefficient (Wildman–Crippen LogP) is 4.52. The van der Waals surface area contributed by atoms with Gasteiger partial charge in [0.15, 0.2) is 0 Å². The molecule has 0 aliphatic carbocycles. The molecule has 1 heterocycles. The van der Waals surface area contributed by atoms with Crippen molar-refractivity contribution < 1.29 is 0 Å². The molecule has 1 aliphatic heterocycles. The van der Waals surface area contributed by atoms with Crippen molar-refractivity contribution in [1.29, 1.82) is 0 Å². The Morgan fingerprint density at radius 1 is 0.905 bits per heavy atom.